The van der Waals surface area contributed by atoms with Gasteiger partial charge in [0.15, 0.2) is 0 Å². The fraction of sp³-hybridized carbons (Fsp3) is 0.933. The zero-order valence-electron chi connectivity index (χ0n) is 12.1. The van der Waals surface area contributed by atoms with E-state index in [1.807, 2.05) is 0 Å². The average molecular weight is 286 g/mol. The van der Waals surface area contributed by atoms with Gasteiger partial charge in [0, 0.05) is 12.8 Å². The Balaban J connectivity index is 1.93. The molecule has 0 amide bonds. The Labute approximate surface area is 120 Å². The smallest absolute Gasteiger partial charge is 0.138 e. The van der Waals surface area contributed by atoms with Gasteiger partial charge < -0.3 is 0 Å². The summed E-state index contributed by atoms with van der Waals surface area (Å²) in [5, 5.41) is 18.4. The third kappa shape index (κ3) is 3.79. The first-order valence-electron chi connectivity index (χ1n) is 7.81. The first kappa shape index (κ1) is 15.9. The van der Waals surface area contributed by atoms with E-state index in [1.54, 1.807) is 0 Å². The van der Waals surface area contributed by atoms with E-state index >= 15 is 0 Å². The third-order valence-corrected chi connectivity index (χ3v) is 4.96. The van der Waals surface area contributed by atoms with Crippen molar-refractivity contribution in [3.8, 4) is 0 Å². The second kappa shape index (κ2) is 6.98. The second-order valence-corrected chi connectivity index (χ2v) is 6.56. The molecule has 0 spiro atoms. The van der Waals surface area contributed by atoms with Crippen LogP contribution in [0, 0.1) is 0 Å². The summed E-state index contributed by atoms with van der Waals surface area (Å²) in [5.41, 5.74) is -1.42. The van der Waals surface area contributed by atoms with Crippen molar-refractivity contribution in [2.45, 2.75) is 88.3 Å². The molecule has 0 atom stereocenters. The summed E-state index contributed by atoms with van der Waals surface area (Å²) in [6.45, 7) is 0. The van der Waals surface area contributed by atoms with Crippen molar-refractivity contribution in [3.05, 3.63) is 0 Å². The minimum atomic E-state index is -0.708. The van der Waals surface area contributed by atoms with Crippen LogP contribution in [-0.2, 0) is 14.6 Å². The van der Waals surface area contributed by atoms with Crippen LogP contribution in [0.1, 0.15) is 77.0 Å². The van der Waals surface area contributed by atoms with Crippen molar-refractivity contribution in [2.24, 2.45) is 0 Å². The van der Waals surface area contributed by atoms with Gasteiger partial charge in [-0.05, 0) is 25.7 Å². The second-order valence-electron chi connectivity index (χ2n) is 6.56. The molecule has 0 aliphatic heterocycles. The number of Topliss-reactive ketones (excluding diaryl/α,β-unsaturated/α-hetero) is 1. The molecule has 5 heteroatoms. The Morgan fingerprint density at radius 2 is 1.10 bits per heavy atom. The van der Waals surface area contributed by atoms with Crippen LogP contribution in [0.2, 0.25) is 0 Å². The minimum absolute atomic E-state index is 0.0110. The van der Waals surface area contributed by atoms with Crippen molar-refractivity contribution in [1.29, 1.82) is 0 Å². The lowest BCUT2D eigenvalue weighted by Crippen LogP contribution is -2.41. The highest BCUT2D eigenvalue weighted by molar-refractivity contribution is 5.80. The van der Waals surface area contributed by atoms with Gasteiger partial charge in [0.1, 0.15) is 17.0 Å². The molecule has 2 saturated carbocycles. The van der Waals surface area contributed by atoms with Gasteiger partial charge in [0.05, 0.1) is 0 Å². The number of hydrogen-bond donors (Lipinski definition) is 2. The predicted molar refractivity (Wildman–Crippen MR) is 73.3 cm³/mol. The largest absolute Gasteiger partial charge is 0.299 e. The summed E-state index contributed by atoms with van der Waals surface area (Å²) in [7, 11) is 0. The van der Waals surface area contributed by atoms with Gasteiger partial charge in [-0.25, -0.2) is 9.78 Å². The normalized spacial score (nSPS) is 25.3. The highest BCUT2D eigenvalue weighted by Crippen LogP contribution is 2.38. The zero-order chi connectivity index (χ0) is 14.5. The molecule has 2 aliphatic rings. The highest BCUT2D eigenvalue weighted by Gasteiger charge is 2.40. The molecule has 116 valence electrons. The molecular formula is C15H26O5. The van der Waals surface area contributed by atoms with E-state index < -0.39 is 11.2 Å². The SMILES string of the molecule is O=C(CC1(OO)CCCCC1)CC1(OO)CCCCC1. The predicted octanol–water partition coefficient (Wildman–Crippen LogP) is 3.72. The third-order valence-electron chi connectivity index (χ3n) is 4.96. The Morgan fingerprint density at radius 3 is 1.40 bits per heavy atom. The molecule has 2 N–H and O–H groups in total. The van der Waals surface area contributed by atoms with E-state index in [9.17, 15) is 15.3 Å². The molecule has 0 unspecified atom stereocenters. The molecule has 0 aromatic carbocycles. The van der Waals surface area contributed by atoms with E-state index in [0.29, 0.717) is 0 Å². The number of hydrogen-bond acceptors (Lipinski definition) is 5. The van der Waals surface area contributed by atoms with E-state index in [0.717, 1.165) is 64.2 Å². The molecule has 0 saturated heterocycles. The summed E-state index contributed by atoms with van der Waals surface area (Å²) < 4.78 is 0. The van der Waals surface area contributed by atoms with Crippen LogP contribution in [0.5, 0.6) is 0 Å². The maximum Gasteiger partial charge on any atom is 0.138 e. The Bertz CT molecular complexity index is 286. The van der Waals surface area contributed by atoms with Crippen LogP contribution in [-0.4, -0.2) is 27.5 Å². The maximum absolute atomic E-state index is 12.3. The molecule has 2 aliphatic carbocycles. The van der Waals surface area contributed by atoms with E-state index in [-0.39, 0.29) is 18.6 Å². The van der Waals surface area contributed by atoms with Crippen LogP contribution >= 0.6 is 0 Å². The topological polar surface area (TPSA) is 76.0 Å². The van der Waals surface area contributed by atoms with Gasteiger partial charge in [-0.1, -0.05) is 38.5 Å². The molecule has 0 aromatic heterocycles. The number of ketones is 1. The van der Waals surface area contributed by atoms with Crippen LogP contribution in [0.4, 0.5) is 0 Å². The molecule has 5 nitrogen and oxygen atoms in total. The molecule has 0 aromatic rings. The fourth-order valence-corrected chi connectivity index (χ4v) is 3.77. The first-order valence-corrected chi connectivity index (χ1v) is 7.81. The van der Waals surface area contributed by atoms with E-state index in [2.05, 4.69) is 9.78 Å². The first-order chi connectivity index (χ1) is 9.64. The molecule has 0 heterocycles. The van der Waals surface area contributed by atoms with Gasteiger partial charge in [0.25, 0.3) is 0 Å². The van der Waals surface area contributed by atoms with Crippen molar-refractivity contribution in [2.75, 3.05) is 0 Å². The summed E-state index contributed by atoms with van der Waals surface area (Å²) in [6, 6.07) is 0. The van der Waals surface area contributed by atoms with Gasteiger partial charge >= 0.3 is 0 Å². The fourth-order valence-electron chi connectivity index (χ4n) is 3.77. The van der Waals surface area contributed by atoms with Crippen molar-refractivity contribution >= 4 is 5.78 Å². The molecule has 20 heavy (non-hydrogen) atoms. The number of rotatable bonds is 6. The molecule has 2 rings (SSSR count). The monoisotopic (exact) mass is 286 g/mol. The molecule has 0 bridgehead atoms. The van der Waals surface area contributed by atoms with Gasteiger partial charge in [-0.2, -0.15) is 0 Å². The lowest BCUT2D eigenvalue weighted by atomic mass is 9.77. The van der Waals surface area contributed by atoms with Gasteiger partial charge in [-0.3, -0.25) is 15.3 Å². The lowest BCUT2D eigenvalue weighted by Gasteiger charge is -2.36. The average Bonchev–Trinajstić information content (AvgIpc) is 2.49. The van der Waals surface area contributed by atoms with Crippen molar-refractivity contribution < 1.29 is 25.1 Å². The summed E-state index contributed by atoms with van der Waals surface area (Å²) in [6.07, 6.45) is 9.51. The van der Waals surface area contributed by atoms with Crippen LogP contribution in [0.15, 0.2) is 0 Å². The lowest BCUT2D eigenvalue weighted by molar-refractivity contribution is -0.335. The molecule has 0 radical (unpaired) electrons. The standard InChI is InChI=1S/C15H26O5/c16-13(11-14(19-17)7-3-1-4-8-14)12-15(20-18)9-5-2-6-10-15/h17-18H,1-12H2. The minimum Gasteiger partial charge on any atom is -0.299 e. The Morgan fingerprint density at radius 1 is 0.750 bits per heavy atom. The Hall–Kier alpha value is -0.490. The molecule has 2 fully saturated rings. The van der Waals surface area contributed by atoms with E-state index in [4.69, 9.17) is 0 Å². The van der Waals surface area contributed by atoms with Crippen molar-refractivity contribution in [1.82, 2.24) is 0 Å². The van der Waals surface area contributed by atoms with Gasteiger partial charge in [0.2, 0.25) is 0 Å². The quantitative estimate of drug-likeness (QED) is 0.575. The van der Waals surface area contributed by atoms with Crippen molar-refractivity contribution in [3.63, 3.8) is 0 Å². The van der Waals surface area contributed by atoms with Crippen LogP contribution in [0.25, 0.3) is 0 Å². The summed E-state index contributed by atoms with van der Waals surface area (Å²) in [4.78, 5) is 21.7. The highest BCUT2D eigenvalue weighted by atomic mass is 17.1. The van der Waals surface area contributed by atoms with Crippen LogP contribution in [0.3, 0.4) is 0 Å². The summed E-state index contributed by atoms with van der Waals surface area (Å²) in [5.74, 6) is 0.0110. The van der Waals surface area contributed by atoms with Crippen LogP contribution < -0.4 is 0 Å². The zero-order valence-corrected chi connectivity index (χ0v) is 12.1. The number of carbonyl (C=O) groups excluding carboxylic acids is 1. The van der Waals surface area contributed by atoms with E-state index in [1.165, 1.54) is 0 Å². The maximum atomic E-state index is 12.3. The molecular weight excluding hydrogens is 260 g/mol. The number of carbonyl (C=O) groups is 1. The summed E-state index contributed by atoms with van der Waals surface area (Å²) >= 11 is 0. The Kier molecular flexibility index (Phi) is 5.55. The van der Waals surface area contributed by atoms with Gasteiger partial charge in [-0.15, -0.1) is 0 Å².